The van der Waals surface area contributed by atoms with E-state index in [0.717, 1.165) is 11.3 Å². The standard InChI is InChI=1S/C21H26N2O4S/c1-5-28(25,26)23(4)16-12-10-15(11-13-16)20(24)22-18-14-21(2,3)27-19-9-7-6-8-17(18)19/h6-13,18H,5,14H2,1-4H3,(H,22,24). The highest BCUT2D eigenvalue weighted by Crippen LogP contribution is 2.39. The maximum atomic E-state index is 12.8. The summed E-state index contributed by atoms with van der Waals surface area (Å²) in [6.07, 6.45) is 0.658. The Bertz CT molecular complexity index is 968. The number of ether oxygens (including phenoxy) is 1. The lowest BCUT2D eigenvalue weighted by Crippen LogP contribution is -2.41. The van der Waals surface area contributed by atoms with E-state index < -0.39 is 10.0 Å². The molecule has 1 unspecified atom stereocenters. The van der Waals surface area contributed by atoms with Gasteiger partial charge in [-0.1, -0.05) is 18.2 Å². The minimum Gasteiger partial charge on any atom is -0.487 e. The monoisotopic (exact) mass is 402 g/mol. The SMILES string of the molecule is CCS(=O)(=O)N(C)c1ccc(C(=O)NC2CC(C)(C)Oc3ccccc32)cc1. The van der Waals surface area contributed by atoms with Gasteiger partial charge >= 0.3 is 0 Å². The van der Waals surface area contributed by atoms with Crippen molar-refractivity contribution in [3.63, 3.8) is 0 Å². The van der Waals surface area contributed by atoms with Crippen LogP contribution in [0.25, 0.3) is 0 Å². The van der Waals surface area contributed by atoms with Crippen LogP contribution in [0.15, 0.2) is 48.5 Å². The molecule has 0 aliphatic carbocycles. The first-order valence-electron chi connectivity index (χ1n) is 9.28. The zero-order valence-electron chi connectivity index (χ0n) is 16.6. The molecule has 2 aromatic carbocycles. The summed E-state index contributed by atoms with van der Waals surface area (Å²) in [6.45, 7) is 5.60. The van der Waals surface area contributed by atoms with Gasteiger partial charge in [0.25, 0.3) is 5.91 Å². The molecule has 1 heterocycles. The fourth-order valence-corrected chi connectivity index (χ4v) is 4.18. The molecule has 1 amide bonds. The van der Waals surface area contributed by atoms with Gasteiger partial charge in [-0.15, -0.1) is 0 Å². The number of nitrogens with zero attached hydrogens (tertiary/aromatic N) is 1. The summed E-state index contributed by atoms with van der Waals surface area (Å²) in [7, 11) is -1.83. The number of nitrogens with one attached hydrogen (secondary N) is 1. The van der Waals surface area contributed by atoms with Gasteiger partial charge in [0.05, 0.1) is 17.5 Å². The fraction of sp³-hybridized carbons (Fsp3) is 0.381. The topological polar surface area (TPSA) is 75.7 Å². The summed E-state index contributed by atoms with van der Waals surface area (Å²) in [4.78, 5) is 12.8. The van der Waals surface area contributed by atoms with Crippen LogP contribution in [-0.4, -0.2) is 32.7 Å². The second-order valence-electron chi connectivity index (χ2n) is 7.54. The lowest BCUT2D eigenvalue weighted by Gasteiger charge is -2.37. The molecule has 0 spiro atoms. The van der Waals surface area contributed by atoms with E-state index in [9.17, 15) is 13.2 Å². The number of sulfonamides is 1. The Morgan fingerprint density at radius 3 is 2.46 bits per heavy atom. The van der Waals surface area contributed by atoms with Crippen LogP contribution in [0.4, 0.5) is 5.69 Å². The zero-order chi connectivity index (χ0) is 20.5. The lowest BCUT2D eigenvalue weighted by molar-refractivity contribution is 0.0619. The van der Waals surface area contributed by atoms with E-state index in [1.54, 1.807) is 31.2 Å². The van der Waals surface area contributed by atoms with Gasteiger partial charge in [-0.25, -0.2) is 8.42 Å². The Morgan fingerprint density at radius 2 is 1.82 bits per heavy atom. The molecule has 1 aliphatic rings. The maximum absolute atomic E-state index is 12.8. The third-order valence-corrected chi connectivity index (χ3v) is 6.73. The Hall–Kier alpha value is -2.54. The Labute approximate surface area is 166 Å². The molecule has 0 saturated heterocycles. The number of carbonyl (C=O) groups excluding carboxylic acids is 1. The summed E-state index contributed by atoms with van der Waals surface area (Å²) in [5.41, 5.74) is 1.58. The van der Waals surface area contributed by atoms with E-state index in [4.69, 9.17) is 4.74 Å². The fourth-order valence-electron chi connectivity index (χ4n) is 3.35. The third-order valence-electron chi connectivity index (χ3n) is 4.96. The second kappa shape index (κ2) is 7.47. The average Bonchev–Trinajstić information content (AvgIpc) is 2.66. The number of anilines is 1. The smallest absolute Gasteiger partial charge is 0.251 e. The molecule has 1 aliphatic heterocycles. The van der Waals surface area contributed by atoms with Gasteiger partial charge in [-0.05, 0) is 51.1 Å². The summed E-state index contributed by atoms with van der Waals surface area (Å²) < 4.78 is 31.2. The van der Waals surface area contributed by atoms with Crippen molar-refractivity contribution < 1.29 is 17.9 Å². The lowest BCUT2D eigenvalue weighted by atomic mass is 9.89. The molecule has 0 saturated carbocycles. The van der Waals surface area contributed by atoms with Crippen molar-refractivity contribution in [1.82, 2.24) is 5.32 Å². The highest BCUT2D eigenvalue weighted by atomic mass is 32.2. The van der Waals surface area contributed by atoms with Crippen LogP contribution in [-0.2, 0) is 10.0 Å². The summed E-state index contributed by atoms with van der Waals surface area (Å²) >= 11 is 0. The minimum absolute atomic E-state index is 0.0185. The largest absolute Gasteiger partial charge is 0.487 e. The van der Waals surface area contributed by atoms with Crippen LogP contribution in [0.2, 0.25) is 0 Å². The zero-order valence-corrected chi connectivity index (χ0v) is 17.4. The van der Waals surface area contributed by atoms with Gasteiger partial charge < -0.3 is 10.1 Å². The minimum atomic E-state index is -3.33. The first kappa shape index (κ1) is 20.2. The number of hydrogen-bond acceptors (Lipinski definition) is 4. The molecule has 150 valence electrons. The molecule has 1 N–H and O–H groups in total. The molecule has 6 nitrogen and oxygen atoms in total. The maximum Gasteiger partial charge on any atom is 0.251 e. The van der Waals surface area contributed by atoms with Crippen molar-refractivity contribution in [2.24, 2.45) is 0 Å². The molecule has 7 heteroatoms. The quantitative estimate of drug-likeness (QED) is 0.830. The van der Waals surface area contributed by atoms with Crippen LogP contribution in [0, 0.1) is 0 Å². The average molecular weight is 403 g/mol. The van der Waals surface area contributed by atoms with E-state index in [1.807, 2.05) is 38.1 Å². The molecule has 2 aromatic rings. The molecule has 0 aromatic heterocycles. The van der Waals surface area contributed by atoms with Gasteiger partial charge in [-0.3, -0.25) is 9.10 Å². The molecule has 1 atom stereocenters. The number of para-hydroxylation sites is 1. The van der Waals surface area contributed by atoms with Crippen LogP contribution in [0.3, 0.4) is 0 Å². The van der Waals surface area contributed by atoms with Gasteiger partial charge in [0.1, 0.15) is 11.4 Å². The number of benzene rings is 2. The predicted octanol–water partition coefficient (Wildman–Crippen LogP) is 3.50. The predicted molar refractivity (Wildman–Crippen MR) is 110 cm³/mol. The van der Waals surface area contributed by atoms with E-state index in [0.29, 0.717) is 17.7 Å². The van der Waals surface area contributed by atoms with Crippen LogP contribution < -0.4 is 14.4 Å². The van der Waals surface area contributed by atoms with E-state index in [2.05, 4.69) is 5.32 Å². The third kappa shape index (κ3) is 4.14. The summed E-state index contributed by atoms with van der Waals surface area (Å²) in [6, 6.07) is 14.1. The Balaban J connectivity index is 1.78. The van der Waals surface area contributed by atoms with Crippen molar-refractivity contribution in [1.29, 1.82) is 0 Å². The van der Waals surface area contributed by atoms with Crippen LogP contribution >= 0.6 is 0 Å². The number of amides is 1. The van der Waals surface area contributed by atoms with Crippen LogP contribution in [0.1, 0.15) is 49.2 Å². The molecule has 0 fully saturated rings. The Kier molecular flexibility index (Phi) is 5.39. The van der Waals surface area contributed by atoms with Gasteiger partial charge in [0.2, 0.25) is 10.0 Å². The highest BCUT2D eigenvalue weighted by molar-refractivity contribution is 7.92. The summed E-state index contributed by atoms with van der Waals surface area (Å²) in [5, 5.41) is 3.09. The van der Waals surface area contributed by atoms with Crippen LogP contribution in [0.5, 0.6) is 5.75 Å². The van der Waals surface area contributed by atoms with E-state index in [1.165, 1.54) is 11.4 Å². The van der Waals surface area contributed by atoms with Gasteiger partial charge in [-0.2, -0.15) is 0 Å². The molecule has 3 rings (SSSR count). The van der Waals surface area contributed by atoms with Crippen molar-refractivity contribution in [3.8, 4) is 5.75 Å². The van der Waals surface area contributed by atoms with Crippen molar-refractivity contribution in [2.75, 3.05) is 17.1 Å². The normalized spacial score (nSPS) is 17.9. The van der Waals surface area contributed by atoms with Crippen molar-refractivity contribution in [3.05, 3.63) is 59.7 Å². The van der Waals surface area contributed by atoms with E-state index >= 15 is 0 Å². The summed E-state index contributed by atoms with van der Waals surface area (Å²) in [5.74, 6) is 0.598. The molecule has 28 heavy (non-hydrogen) atoms. The molecular formula is C21H26N2O4S. The second-order valence-corrected chi connectivity index (χ2v) is 9.83. The van der Waals surface area contributed by atoms with Crippen molar-refractivity contribution >= 4 is 21.6 Å². The molecule has 0 radical (unpaired) electrons. The molecule has 0 bridgehead atoms. The number of rotatable bonds is 5. The van der Waals surface area contributed by atoms with Crippen molar-refractivity contribution in [2.45, 2.75) is 38.8 Å². The van der Waals surface area contributed by atoms with E-state index in [-0.39, 0.29) is 23.3 Å². The molecular weight excluding hydrogens is 376 g/mol. The first-order valence-corrected chi connectivity index (χ1v) is 10.9. The highest BCUT2D eigenvalue weighted by Gasteiger charge is 2.34. The van der Waals surface area contributed by atoms with Gasteiger partial charge in [0.15, 0.2) is 0 Å². The number of fused-ring (bicyclic) bond motifs is 1. The number of carbonyl (C=O) groups is 1. The first-order chi connectivity index (χ1) is 13.1. The number of hydrogen-bond donors (Lipinski definition) is 1. The van der Waals surface area contributed by atoms with Gasteiger partial charge in [0, 0.05) is 24.6 Å². The Morgan fingerprint density at radius 1 is 1.18 bits per heavy atom.